The molecule has 0 saturated heterocycles. The summed E-state index contributed by atoms with van der Waals surface area (Å²) in [6, 6.07) is 0. The number of esters is 3. The predicted octanol–water partition coefficient (Wildman–Crippen LogP) is 15.8. The van der Waals surface area contributed by atoms with Crippen LogP contribution in [0.5, 0.6) is 0 Å². The van der Waals surface area contributed by atoms with Gasteiger partial charge < -0.3 is 14.2 Å². The summed E-state index contributed by atoms with van der Waals surface area (Å²) in [7, 11) is 0. The van der Waals surface area contributed by atoms with Gasteiger partial charge in [0.05, 0.1) is 6.42 Å². The Bertz CT molecular complexity index is 1230. The van der Waals surface area contributed by atoms with Crippen molar-refractivity contribution in [3.63, 3.8) is 0 Å². The molecule has 0 aromatic rings. The van der Waals surface area contributed by atoms with Crippen molar-refractivity contribution in [3.05, 3.63) is 97.2 Å². The molecule has 0 spiro atoms. The molecule has 6 heteroatoms. The van der Waals surface area contributed by atoms with Crippen molar-refractivity contribution >= 4 is 17.9 Å². The average molecular weight is 833 g/mol. The molecule has 0 saturated carbocycles. The van der Waals surface area contributed by atoms with Crippen molar-refractivity contribution in [2.75, 3.05) is 13.2 Å². The lowest BCUT2D eigenvalue weighted by Gasteiger charge is -2.18. The van der Waals surface area contributed by atoms with Crippen LogP contribution in [0.1, 0.15) is 207 Å². The van der Waals surface area contributed by atoms with Crippen molar-refractivity contribution in [3.8, 4) is 0 Å². The van der Waals surface area contributed by atoms with Gasteiger partial charge in [-0.2, -0.15) is 0 Å². The highest BCUT2D eigenvalue weighted by atomic mass is 16.6. The second-order valence-corrected chi connectivity index (χ2v) is 15.6. The Hall–Kier alpha value is -3.67. The molecule has 0 aliphatic rings. The first-order valence-corrected chi connectivity index (χ1v) is 24.2. The van der Waals surface area contributed by atoms with E-state index in [0.717, 1.165) is 109 Å². The molecular weight excluding hydrogens is 745 g/mol. The molecule has 0 bridgehead atoms. The van der Waals surface area contributed by atoms with E-state index >= 15 is 0 Å². The number of rotatable bonds is 42. The maximum Gasteiger partial charge on any atom is 0.309 e. The van der Waals surface area contributed by atoms with Crippen LogP contribution in [0.25, 0.3) is 0 Å². The fraction of sp³-hybridized carbons (Fsp3) is 0.648. The summed E-state index contributed by atoms with van der Waals surface area (Å²) in [5.41, 5.74) is 0. The van der Waals surface area contributed by atoms with Crippen LogP contribution < -0.4 is 0 Å². The van der Waals surface area contributed by atoms with E-state index < -0.39 is 12.1 Å². The molecule has 0 radical (unpaired) electrons. The SMILES string of the molecule is CC/C=C\C/C=C\C/C=C\C/C=C\C/C=C\CC(=O)OCC(COC(=O)CCCCCCC/C=C\CCCCC)OC(=O)CCCCCCC/C=C\C/C=C\CCCCC. The third-order valence-corrected chi connectivity index (χ3v) is 9.82. The van der Waals surface area contributed by atoms with E-state index in [1.807, 2.05) is 6.08 Å². The van der Waals surface area contributed by atoms with Gasteiger partial charge in [-0.05, 0) is 103 Å². The van der Waals surface area contributed by atoms with Crippen molar-refractivity contribution in [1.82, 2.24) is 0 Å². The van der Waals surface area contributed by atoms with E-state index in [4.69, 9.17) is 14.2 Å². The van der Waals surface area contributed by atoms with E-state index in [9.17, 15) is 14.4 Å². The molecule has 1 atom stereocenters. The van der Waals surface area contributed by atoms with Gasteiger partial charge in [0.25, 0.3) is 0 Å². The molecule has 0 N–H and O–H groups in total. The fourth-order valence-corrected chi connectivity index (χ4v) is 6.18. The Balaban J connectivity index is 4.56. The molecule has 0 fully saturated rings. The molecular formula is C54H88O6. The monoisotopic (exact) mass is 833 g/mol. The Labute approximate surface area is 368 Å². The third-order valence-electron chi connectivity index (χ3n) is 9.82. The van der Waals surface area contributed by atoms with Crippen LogP contribution >= 0.6 is 0 Å². The summed E-state index contributed by atoms with van der Waals surface area (Å²) < 4.78 is 16.6. The van der Waals surface area contributed by atoms with Crippen molar-refractivity contribution in [1.29, 1.82) is 0 Å². The number of ether oxygens (including phenoxy) is 3. The van der Waals surface area contributed by atoms with Crippen molar-refractivity contribution in [2.24, 2.45) is 0 Å². The van der Waals surface area contributed by atoms with Gasteiger partial charge in [0.1, 0.15) is 13.2 Å². The Morgan fingerprint density at radius 1 is 0.367 bits per heavy atom. The lowest BCUT2D eigenvalue weighted by molar-refractivity contribution is -0.166. The van der Waals surface area contributed by atoms with Gasteiger partial charge in [-0.25, -0.2) is 0 Å². The molecule has 0 aromatic carbocycles. The van der Waals surface area contributed by atoms with Gasteiger partial charge in [0, 0.05) is 12.8 Å². The van der Waals surface area contributed by atoms with E-state index in [2.05, 4.69) is 106 Å². The third kappa shape index (κ3) is 45.4. The molecule has 0 heterocycles. The lowest BCUT2D eigenvalue weighted by Crippen LogP contribution is -2.30. The molecule has 6 nitrogen and oxygen atoms in total. The van der Waals surface area contributed by atoms with E-state index in [-0.39, 0.29) is 38.0 Å². The standard InChI is InChI=1S/C54H88O6/c1-4-7-10-13-16-19-22-25-27-29-32-35-38-41-44-47-53(56)59-50-51(49-58-52(55)46-43-40-37-34-31-24-21-18-15-12-9-6-3)60-54(57)48-45-42-39-36-33-30-28-26-23-20-17-14-11-8-5-2/h7,10,16-21,25-28,32,35,41,44,51H,4-6,8-9,11-15,22-24,29-31,33-34,36-40,42-43,45-50H2,1-3H3/b10-7-,19-16-,20-17-,21-18-,27-25-,28-26-,35-32-,44-41-. The first-order valence-electron chi connectivity index (χ1n) is 24.2. The zero-order valence-electron chi connectivity index (χ0n) is 38.7. The van der Waals surface area contributed by atoms with E-state index in [1.165, 1.54) is 57.8 Å². The number of hydrogen-bond donors (Lipinski definition) is 0. The fourth-order valence-electron chi connectivity index (χ4n) is 6.18. The minimum Gasteiger partial charge on any atom is -0.462 e. The number of carbonyl (C=O) groups is 3. The number of allylic oxidation sites excluding steroid dienone is 15. The summed E-state index contributed by atoms with van der Waals surface area (Å²) in [5.74, 6) is -1.08. The quantitative estimate of drug-likeness (QED) is 0.0264. The first-order chi connectivity index (χ1) is 29.5. The second kappa shape index (κ2) is 48.0. The lowest BCUT2D eigenvalue weighted by atomic mass is 10.1. The summed E-state index contributed by atoms with van der Waals surface area (Å²) >= 11 is 0. The molecule has 60 heavy (non-hydrogen) atoms. The molecule has 0 amide bonds. The van der Waals surface area contributed by atoms with Crippen LogP contribution in [0.15, 0.2) is 97.2 Å². The minimum absolute atomic E-state index is 0.119. The molecule has 0 aliphatic carbocycles. The normalized spacial score (nSPS) is 12.9. The van der Waals surface area contributed by atoms with Crippen LogP contribution in [-0.4, -0.2) is 37.2 Å². The van der Waals surface area contributed by atoms with Gasteiger partial charge in [-0.3, -0.25) is 14.4 Å². The van der Waals surface area contributed by atoms with Gasteiger partial charge in [0.2, 0.25) is 0 Å². The van der Waals surface area contributed by atoms with Gasteiger partial charge in [-0.1, -0.05) is 182 Å². The summed E-state index contributed by atoms with van der Waals surface area (Å²) in [5, 5.41) is 0. The van der Waals surface area contributed by atoms with Crippen molar-refractivity contribution < 1.29 is 28.6 Å². The predicted molar refractivity (Wildman–Crippen MR) is 256 cm³/mol. The Morgan fingerprint density at radius 3 is 1.18 bits per heavy atom. The van der Waals surface area contributed by atoms with Gasteiger partial charge >= 0.3 is 17.9 Å². The smallest absolute Gasteiger partial charge is 0.309 e. The largest absolute Gasteiger partial charge is 0.462 e. The van der Waals surface area contributed by atoms with Crippen LogP contribution in [0.3, 0.4) is 0 Å². The average Bonchev–Trinajstić information content (AvgIpc) is 3.24. The summed E-state index contributed by atoms with van der Waals surface area (Å²) in [4.78, 5) is 37.8. The van der Waals surface area contributed by atoms with Gasteiger partial charge in [0.15, 0.2) is 6.10 Å². The van der Waals surface area contributed by atoms with Gasteiger partial charge in [-0.15, -0.1) is 0 Å². The maximum absolute atomic E-state index is 12.8. The van der Waals surface area contributed by atoms with Crippen LogP contribution in [-0.2, 0) is 28.6 Å². The highest BCUT2D eigenvalue weighted by Gasteiger charge is 2.19. The number of hydrogen-bond acceptors (Lipinski definition) is 6. The molecule has 0 aromatic heterocycles. The highest BCUT2D eigenvalue weighted by Crippen LogP contribution is 2.12. The summed E-state index contributed by atoms with van der Waals surface area (Å²) in [6.07, 6.45) is 62.7. The Kier molecular flexibility index (Phi) is 45.1. The first kappa shape index (κ1) is 56.3. The second-order valence-electron chi connectivity index (χ2n) is 15.6. The molecule has 0 aliphatic heterocycles. The van der Waals surface area contributed by atoms with Crippen LogP contribution in [0.4, 0.5) is 0 Å². The van der Waals surface area contributed by atoms with Crippen LogP contribution in [0, 0.1) is 0 Å². The maximum atomic E-state index is 12.8. The van der Waals surface area contributed by atoms with E-state index in [1.54, 1.807) is 6.08 Å². The number of carbonyl (C=O) groups excluding carboxylic acids is 3. The Morgan fingerprint density at radius 2 is 0.717 bits per heavy atom. The molecule has 340 valence electrons. The molecule has 1 unspecified atom stereocenters. The zero-order valence-corrected chi connectivity index (χ0v) is 38.7. The highest BCUT2D eigenvalue weighted by molar-refractivity contribution is 5.72. The minimum atomic E-state index is -0.827. The van der Waals surface area contributed by atoms with Crippen LogP contribution in [0.2, 0.25) is 0 Å². The topological polar surface area (TPSA) is 78.9 Å². The van der Waals surface area contributed by atoms with E-state index in [0.29, 0.717) is 6.42 Å². The zero-order chi connectivity index (χ0) is 43.7. The summed E-state index contributed by atoms with van der Waals surface area (Å²) in [6.45, 7) is 6.34. The number of unbranched alkanes of at least 4 members (excludes halogenated alkanes) is 16. The van der Waals surface area contributed by atoms with Crippen molar-refractivity contribution in [2.45, 2.75) is 213 Å². The molecule has 0 rings (SSSR count).